The highest BCUT2D eigenvalue weighted by Gasteiger charge is 2.15. The summed E-state index contributed by atoms with van der Waals surface area (Å²) in [7, 11) is 0. The largest absolute Gasteiger partial charge is 0.458 e. The summed E-state index contributed by atoms with van der Waals surface area (Å²) in [5, 5.41) is 0. The van der Waals surface area contributed by atoms with Crippen molar-refractivity contribution >= 4 is 28.6 Å². The van der Waals surface area contributed by atoms with E-state index in [1.54, 1.807) is 0 Å². The Kier molecular flexibility index (Phi) is 14.7. The molecule has 0 amide bonds. The van der Waals surface area contributed by atoms with Crippen molar-refractivity contribution < 1.29 is 23.7 Å². The highest BCUT2D eigenvalue weighted by molar-refractivity contribution is 14.1. The number of ether oxygens (including phenoxy) is 4. The molecular formula is C16H31IO5. The van der Waals surface area contributed by atoms with Gasteiger partial charge in [-0.1, -0.05) is 35.4 Å². The van der Waals surface area contributed by atoms with Crippen LogP contribution >= 0.6 is 22.6 Å². The monoisotopic (exact) mass is 430 g/mol. The topological polar surface area (TPSA) is 54.0 Å². The number of hydrogen-bond acceptors (Lipinski definition) is 5. The fourth-order valence-electron chi connectivity index (χ4n) is 1.62. The summed E-state index contributed by atoms with van der Waals surface area (Å²) in [6.07, 6.45) is 4.95. The number of hydrogen-bond donors (Lipinski definition) is 0. The van der Waals surface area contributed by atoms with Gasteiger partial charge in [-0.3, -0.25) is 0 Å². The van der Waals surface area contributed by atoms with Crippen LogP contribution in [0.3, 0.4) is 0 Å². The Morgan fingerprint density at radius 1 is 0.818 bits per heavy atom. The molecule has 0 aliphatic carbocycles. The fraction of sp³-hybridized carbons (Fsp3) is 0.938. The lowest BCUT2D eigenvalue weighted by Crippen LogP contribution is -2.27. The molecule has 0 aromatic carbocycles. The second kappa shape index (κ2) is 14.7. The molecule has 0 aromatic heterocycles. The quantitative estimate of drug-likeness (QED) is 0.183. The molecule has 0 bridgehead atoms. The van der Waals surface area contributed by atoms with Crippen LogP contribution in [0.1, 0.15) is 46.5 Å². The minimum absolute atomic E-state index is 0.0334. The van der Waals surface area contributed by atoms with Gasteiger partial charge in [0.15, 0.2) is 0 Å². The van der Waals surface area contributed by atoms with Crippen LogP contribution in [0.15, 0.2) is 0 Å². The molecule has 0 spiro atoms. The Morgan fingerprint density at radius 2 is 1.36 bits per heavy atom. The Bertz CT molecular complexity index is 266. The molecular weight excluding hydrogens is 399 g/mol. The molecule has 0 heterocycles. The van der Waals surface area contributed by atoms with E-state index in [2.05, 4.69) is 22.6 Å². The average molecular weight is 430 g/mol. The zero-order valence-corrected chi connectivity index (χ0v) is 16.4. The molecule has 0 rings (SSSR count). The van der Waals surface area contributed by atoms with Gasteiger partial charge in [0.2, 0.25) is 0 Å². The number of esters is 1. The molecule has 132 valence electrons. The number of rotatable bonds is 14. The molecule has 0 saturated heterocycles. The molecule has 6 heteroatoms. The second-order valence-corrected chi connectivity index (χ2v) is 7.05. The summed E-state index contributed by atoms with van der Waals surface area (Å²) < 4.78 is 22.4. The molecule has 0 unspecified atom stereocenters. The van der Waals surface area contributed by atoms with Crippen LogP contribution in [0.5, 0.6) is 0 Å². The van der Waals surface area contributed by atoms with Gasteiger partial charge < -0.3 is 18.9 Å². The van der Waals surface area contributed by atoms with E-state index in [1.807, 2.05) is 20.8 Å². The van der Waals surface area contributed by atoms with Gasteiger partial charge in [-0.2, -0.15) is 0 Å². The Morgan fingerprint density at radius 3 is 1.95 bits per heavy atom. The Balaban J connectivity index is 3.16. The van der Waals surface area contributed by atoms with Crippen LogP contribution in [0.2, 0.25) is 0 Å². The van der Waals surface area contributed by atoms with E-state index in [1.165, 1.54) is 23.7 Å². The molecule has 0 atom stereocenters. The Labute approximate surface area is 148 Å². The van der Waals surface area contributed by atoms with Crippen LogP contribution in [0, 0.1) is 0 Å². The first-order valence-corrected chi connectivity index (χ1v) is 9.49. The summed E-state index contributed by atoms with van der Waals surface area (Å²) >= 11 is 2.41. The van der Waals surface area contributed by atoms with Gasteiger partial charge in [0.1, 0.15) is 12.2 Å². The predicted molar refractivity (Wildman–Crippen MR) is 95.7 cm³/mol. The molecule has 0 aliphatic heterocycles. The zero-order chi connectivity index (χ0) is 16.7. The lowest BCUT2D eigenvalue weighted by Gasteiger charge is -2.19. The van der Waals surface area contributed by atoms with Crippen LogP contribution in [-0.2, 0) is 23.7 Å². The number of carbonyl (C=O) groups is 1. The molecule has 0 saturated carbocycles. The van der Waals surface area contributed by atoms with Gasteiger partial charge in [-0.15, -0.1) is 0 Å². The average Bonchev–Trinajstić information content (AvgIpc) is 2.42. The van der Waals surface area contributed by atoms with Crippen molar-refractivity contribution in [2.75, 3.05) is 44.1 Å². The highest BCUT2D eigenvalue weighted by atomic mass is 127. The molecule has 0 N–H and O–H groups in total. The second-order valence-electron chi connectivity index (χ2n) is 5.97. The van der Waals surface area contributed by atoms with E-state index in [4.69, 9.17) is 18.9 Å². The standard InChI is InChI=1S/C16H31IO5/c1-16(2,3)22-15(18)14-21-13-12-20-11-10-19-9-7-5-4-6-8-17/h4-14H2,1-3H3. The van der Waals surface area contributed by atoms with Crippen LogP contribution < -0.4 is 0 Å². The summed E-state index contributed by atoms with van der Waals surface area (Å²) in [5.41, 5.74) is -0.468. The smallest absolute Gasteiger partial charge is 0.332 e. The third kappa shape index (κ3) is 18.1. The first kappa shape index (κ1) is 22.1. The molecule has 0 fully saturated rings. The Hall–Kier alpha value is 0.0800. The minimum atomic E-state index is -0.468. The fourth-order valence-corrected chi connectivity index (χ4v) is 2.16. The maximum Gasteiger partial charge on any atom is 0.332 e. The van der Waals surface area contributed by atoms with E-state index in [9.17, 15) is 4.79 Å². The third-order valence-electron chi connectivity index (χ3n) is 2.56. The van der Waals surface area contributed by atoms with Crippen LogP contribution in [0.25, 0.3) is 0 Å². The summed E-state index contributed by atoms with van der Waals surface area (Å²) in [4.78, 5) is 11.4. The van der Waals surface area contributed by atoms with E-state index < -0.39 is 5.60 Å². The van der Waals surface area contributed by atoms with Crippen molar-refractivity contribution in [3.63, 3.8) is 0 Å². The first-order chi connectivity index (χ1) is 10.5. The van der Waals surface area contributed by atoms with E-state index in [0.717, 1.165) is 13.0 Å². The summed E-state index contributed by atoms with van der Waals surface area (Å²) in [6.45, 7) is 8.28. The number of alkyl halides is 1. The third-order valence-corrected chi connectivity index (χ3v) is 3.32. The van der Waals surface area contributed by atoms with Crippen molar-refractivity contribution in [3.8, 4) is 0 Å². The predicted octanol–water partition coefficient (Wildman–Crippen LogP) is 3.37. The van der Waals surface area contributed by atoms with Gasteiger partial charge in [0.25, 0.3) is 0 Å². The SMILES string of the molecule is CC(C)(C)OC(=O)COCCOCCOCCCCCCI. The summed E-state index contributed by atoms with van der Waals surface area (Å²) in [5.74, 6) is -0.349. The summed E-state index contributed by atoms with van der Waals surface area (Å²) in [6, 6.07) is 0. The van der Waals surface area contributed by atoms with Crippen molar-refractivity contribution in [1.82, 2.24) is 0 Å². The molecule has 5 nitrogen and oxygen atoms in total. The van der Waals surface area contributed by atoms with Gasteiger partial charge in [-0.05, 0) is 38.0 Å². The highest BCUT2D eigenvalue weighted by Crippen LogP contribution is 2.06. The lowest BCUT2D eigenvalue weighted by atomic mass is 10.2. The van der Waals surface area contributed by atoms with Crippen molar-refractivity contribution in [3.05, 3.63) is 0 Å². The number of unbranched alkanes of at least 4 members (excludes halogenated alkanes) is 3. The lowest BCUT2D eigenvalue weighted by molar-refractivity contribution is -0.160. The van der Waals surface area contributed by atoms with Crippen molar-refractivity contribution in [2.45, 2.75) is 52.1 Å². The molecule has 0 aromatic rings. The van der Waals surface area contributed by atoms with E-state index >= 15 is 0 Å². The molecule has 0 aliphatic rings. The molecule has 22 heavy (non-hydrogen) atoms. The number of carbonyl (C=O) groups excluding carboxylic acids is 1. The first-order valence-electron chi connectivity index (χ1n) is 7.97. The normalized spacial score (nSPS) is 11.6. The van der Waals surface area contributed by atoms with Crippen LogP contribution in [-0.4, -0.2) is 55.6 Å². The van der Waals surface area contributed by atoms with Gasteiger partial charge >= 0.3 is 5.97 Å². The van der Waals surface area contributed by atoms with E-state index in [0.29, 0.717) is 26.4 Å². The zero-order valence-electron chi connectivity index (χ0n) is 14.2. The van der Waals surface area contributed by atoms with Gasteiger partial charge in [-0.25, -0.2) is 4.79 Å². The van der Waals surface area contributed by atoms with Crippen LogP contribution in [0.4, 0.5) is 0 Å². The maximum atomic E-state index is 11.4. The van der Waals surface area contributed by atoms with Crippen molar-refractivity contribution in [2.24, 2.45) is 0 Å². The van der Waals surface area contributed by atoms with E-state index in [-0.39, 0.29) is 12.6 Å². The van der Waals surface area contributed by atoms with Gasteiger partial charge in [0, 0.05) is 6.61 Å². The molecule has 0 radical (unpaired) electrons. The van der Waals surface area contributed by atoms with Gasteiger partial charge in [0.05, 0.1) is 26.4 Å². The van der Waals surface area contributed by atoms with Crippen molar-refractivity contribution in [1.29, 1.82) is 0 Å². The minimum Gasteiger partial charge on any atom is -0.458 e. The number of halogens is 1. The maximum absolute atomic E-state index is 11.4.